The average molecular weight is 340 g/mol. The summed E-state index contributed by atoms with van der Waals surface area (Å²) >= 11 is 0. The molecule has 0 radical (unpaired) electrons. The number of hydrogen-bond acceptors (Lipinski definition) is 5. The van der Waals surface area contributed by atoms with Gasteiger partial charge >= 0.3 is 10.6 Å². The molecule has 0 bridgehead atoms. The van der Waals surface area contributed by atoms with Gasteiger partial charge in [-0.15, -0.1) is 12.6 Å². The van der Waals surface area contributed by atoms with Gasteiger partial charge in [0.2, 0.25) is 0 Å². The van der Waals surface area contributed by atoms with Gasteiger partial charge in [0.15, 0.2) is 0 Å². The van der Waals surface area contributed by atoms with Crippen LogP contribution >= 0.6 is 0 Å². The van der Waals surface area contributed by atoms with Crippen molar-refractivity contribution in [2.24, 2.45) is 0 Å². The van der Waals surface area contributed by atoms with Crippen LogP contribution in [-0.2, 0) is 20.7 Å². The summed E-state index contributed by atoms with van der Waals surface area (Å²) in [7, 11) is -7.22. The quantitative estimate of drug-likeness (QED) is 0.677. The van der Waals surface area contributed by atoms with Crippen LogP contribution in [0.15, 0.2) is 59.5 Å². The number of benzene rings is 2. The van der Waals surface area contributed by atoms with Crippen LogP contribution in [0.4, 0.5) is 0 Å². The Hall–Kier alpha value is -2.29. The second-order valence-electron chi connectivity index (χ2n) is 3.99. The van der Waals surface area contributed by atoms with Crippen molar-refractivity contribution < 1.29 is 25.6 Å². The van der Waals surface area contributed by atoms with Gasteiger partial charge in [-0.05, 0) is 23.3 Å². The zero-order chi connectivity index (χ0) is 16.6. The summed E-state index contributed by atoms with van der Waals surface area (Å²) < 4.78 is 55.9. The molecule has 0 aliphatic rings. The highest BCUT2D eigenvalue weighted by Gasteiger charge is 2.07. The van der Waals surface area contributed by atoms with Gasteiger partial charge < -0.3 is 0 Å². The van der Waals surface area contributed by atoms with E-state index in [0.29, 0.717) is 0 Å². The molecule has 0 saturated heterocycles. The molecule has 2 aromatic carbocycles. The van der Waals surface area contributed by atoms with Crippen molar-refractivity contribution in [1.82, 2.24) is 0 Å². The normalized spacial score (nSPS) is 10.8. The van der Waals surface area contributed by atoms with E-state index in [1.54, 1.807) is 12.1 Å². The molecule has 0 aliphatic carbocycles. The van der Waals surface area contributed by atoms with Crippen molar-refractivity contribution in [3.05, 3.63) is 65.7 Å². The lowest BCUT2D eigenvalue weighted by atomic mass is 10.1. The minimum absolute atomic E-state index is 0.0978. The molecule has 1 N–H and O–H groups in total. The van der Waals surface area contributed by atoms with Gasteiger partial charge in [-0.2, -0.15) is 8.42 Å². The molecular formula is C14H12O6S2. The lowest BCUT2D eigenvalue weighted by Gasteiger charge is -1.98. The summed E-state index contributed by atoms with van der Waals surface area (Å²) in [5.74, 6) is 0. The second kappa shape index (κ2) is 8.23. The van der Waals surface area contributed by atoms with Gasteiger partial charge in [-0.25, -0.2) is 0 Å². The van der Waals surface area contributed by atoms with E-state index in [1.807, 2.05) is 42.5 Å². The first-order chi connectivity index (χ1) is 10.3. The Morgan fingerprint density at radius 3 is 1.59 bits per heavy atom. The lowest BCUT2D eigenvalue weighted by Crippen LogP contribution is -1.97. The van der Waals surface area contributed by atoms with Crippen LogP contribution in [0.1, 0.15) is 11.1 Å². The molecule has 2 rings (SSSR count). The Balaban J connectivity index is 0.000000541. The highest BCUT2D eigenvalue weighted by Crippen LogP contribution is 2.12. The van der Waals surface area contributed by atoms with E-state index in [1.165, 1.54) is 12.1 Å². The van der Waals surface area contributed by atoms with Crippen LogP contribution in [0, 0.1) is 0 Å². The predicted molar refractivity (Wildman–Crippen MR) is 81.3 cm³/mol. The summed E-state index contributed by atoms with van der Waals surface area (Å²) in [6, 6.07) is 15.8. The minimum Gasteiger partial charge on any atom is -0.282 e. The molecule has 0 unspecified atom stereocenters. The Kier molecular flexibility index (Phi) is 6.64. The molecule has 2 aromatic rings. The van der Waals surface area contributed by atoms with Gasteiger partial charge in [-0.3, -0.25) is 4.55 Å². The van der Waals surface area contributed by atoms with E-state index in [2.05, 4.69) is 0 Å². The molecule has 0 amide bonds. The summed E-state index contributed by atoms with van der Waals surface area (Å²) in [5, 5.41) is 0. The van der Waals surface area contributed by atoms with Crippen molar-refractivity contribution in [2.75, 3.05) is 0 Å². The third-order valence-corrected chi connectivity index (χ3v) is 3.31. The smallest absolute Gasteiger partial charge is 0.282 e. The Labute approximate surface area is 129 Å². The van der Waals surface area contributed by atoms with Gasteiger partial charge in [0.1, 0.15) is 0 Å². The van der Waals surface area contributed by atoms with Crippen molar-refractivity contribution in [2.45, 2.75) is 4.90 Å². The predicted octanol–water partition coefficient (Wildman–Crippen LogP) is 2.10. The van der Waals surface area contributed by atoms with Crippen LogP contribution in [0.25, 0.3) is 12.2 Å². The van der Waals surface area contributed by atoms with E-state index in [0.717, 1.165) is 11.1 Å². The SMILES string of the molecule is O=S(=O)(O)c1ccc(/C=C/c2ccccc2)cc1.O=S(=O)=O. The zero-order valence-corrected chi connectivity index (χ0v) is 12.8. The topological polar surface area (TPSA) is 106 Å². The van der Waals surface area contributed by atoms with E-state index < -0.39 is 20.7 Å². The van der Waals surface area contributed by atoms with Crippen LogP contribution in [0.3, 0.4) is 0 Å². The van der Waals surface area contributed by atoms with Crippen molar-refractivity contribution in [3.8, 4) is 0 Å². The van der Waals surface area contributed by atoms with Crippen LogP contribution in [0.5, 0.6) is 0 Å². The van der Waals surface area contributed by atoms with E-state index in [-0.39, 0.29) is 4.90 Å². The average Bonchev–Trinajstić information content (AvgIpc) is 2.45. The van der Waals surface area contributed by atoms with Crippen molar-refractivity contribution >= 4 is 32.9 Å². The minimum atomic E-state index is -4.11. The molecule has 0 spiro atoms. The maximum Gasteiger partial charge on any atom is 0.425 e. The fourth-order valence-corrected chi connectivity index (χ4v) is 1.99. The molecule has 8 heteroatoms. The third-order valence-electron chi connectivity index (χ3n) is 2.45. The molecule has 0 aromatic heterocycles. The summed E-state index contributed by atoms with van der Waals surface area (Å²) in [4.78, 5) is -0.0978. The highest BCUT2D eigenvalue weighted by atomic mass is 32.2. The molecule has 0 fully saturated rings. The summed E-state index contributed by atoms with van der Waals surface area (Å²) in [6.07, 6.45) is 3.81. The van der Waals surface area contributed by atoms with Crippen molar-refractivity contribution in [1.29, 1.82) is 0 Å². The van der Waals surface area contributed by atoms with Crippen LogP contribution in [-0.4, -0.2) is 25.6 Å². The van der Waals surface area contributed by atoms with E-state index in [4.69, 9.17) is 17.2 Å². The Bertz CT molecular complexity index is 830. The standard InChI is InChI=1S/C14H12O3S.O3S/c15-18(16,17)14-10-8-13(9-11-14)7-6-12-4-2-1-3-5-12;1-4(2)3/h1-11H,(H,15,16,17);/b7-6+;. The highest BCUT2D eigenvalue weighted by molar-refractivity contribution is 7.85. The van der Waals surface area contributed by atoms with E-state index >= 15 is 0 Å². The Morgan fingerprint density at radius 2 is 1.18 bits per heavy atom. The number of hydrogen-bond donors (Lipinski definition) is 1. The van der Waals surface area contributed by atoms with Gasteiger partial charge in [-0.1, -0.05) is 54.6 Å². The Morgan fingerprint density at radius 1 is 0.773 bits per heavy atom. The van der Waals surface area contributed by atoms with Crippen LogP contribution < -0.4 is 0 Å². The van der Waals surface area contributed by atoms with Gasteiger partial charge in [0.05, 0.1) is 4.90 Å². The first kappa shape index (κ1) is 17.8. The summed E-state index contributed by atoms with van der Waals surface area (Å²) in [6.45, 7) is 0. The molecule has 0 aliphatic heterocycles. The number of rotatable bonds is 3. The maximum absolute atomic E-state index is 10.9. The largest absolute Gasteiger partial charge is 0.425 e. The van der Waals surface area contributed by atoms with Gasteiger partial charge in [0.25, 0.3) is 10.1 Å². The fourth-order valence-electron chi connectivity index (χ4n) is 1.51. The summed E-state index contributed by atoms with van der Waals surface area (Å²) in [5.41, 5.74) is 1.93. The molecule has 0 saturated carbocycles. The molecule has 6 nitrogen and oxygen atoms in total. The molecular weight excluding hydrogens is 328 g/mol. The molecule has 116 valence electrons. The second-order valence-corrected chi connectivity index (χ2v) is 5.82. The molecule has 0 heterocycles. The van der Waals surface area contributed by atoms with E-state index in [9.17, 15) is 8.42 Å². The van der Waals surface area contributed by atoms with Crippen molar-refractivity contribution in [3.63, 3.8) is 0 Å². The fraction of sp³-hybridized carbons (Fsp3) is 0. The molecule has 22 heavy (non-hydrogen) atoms. The monoisotopic (exact) mass is 340 g/mol. The van der Waals surface area contributed by atoms with Crippen LogP contribution in [0.2, 0.25) is 0 Å². The lowest BCUT2D eigenvalue weighted by molar-refractivity contribution is 0.483. The maximum atomic E-state index is 10.9. The first-order valence-electron chi connectivity index (χ1n) is 5.86. The third kappa shape index (κ3) is 6.93. The van der Waals surface area contributed by atoms with Gasteiger partial charge in [0, 0.05) is 0 Å². The first-order valence-corrected chi connectivity index (χ1v) is 8.30. The zero-order valence-electron chi connectivity index (χ0n) is 11.2. The molecule has 0 atom stereocenters.